The van der Waals surface area contributed by atoms with Gasteiger partial charge in [0.25, 0.3) is 0 Å². The Hall–Kier alpha value is -2.03. The molecular formula is C15H18N2O. The van der Waals surface area contributed by atoms with Gasteiger partial charge < -0.3 is 9.88 Å². The van der Waals surface area contributed by atoms with Gasteiger partial charge in [0.2, 0.25) is 5.91 Å². The van der Waals surface area contributed by atoms with E-state index in [0.29, 0.717) is 13.0 Å². The van der Waals surface area contributed by atoms with E-state index in [9.17, 15) is 4.79 Å². The van der Waals surface area contributed by atoms with Crippen molar-refractivity contribution >= 4 is 11.6 Å². The number of nitrogens with zero attached hydrogens (tertiary/aromatic N) is 1. The SMILES string of the molecule is Cc1ccc(C)c(NC(=O)CCn2cccc2)c1. The second kappa shape index (κ2) is 5.54. The lowest BCUT2D eigenvalue weighted by Crippen LogP contribution is -2.14. The minimum atomic E-state index is 0.0531. The maximum atomic E-state index is 11.8. The Balaban J connectivity index is 1.92. The molecular weight excluding hydrogens is 224 g/mol. The zero-order valence-corrected chi connectivity index (χ0v) is 10.8. The second-order valence-electron chi connectivity index (χ2n) is 4.54. The van der Waals surface area contributed by atoms with Crippen LogP contribution < -0.4 is 5.32 Å². The molecule has 1 aromatic heterocycles. The molecule has 0 bridgehead atoms. The quantitative estimate of drug-likeness (QED) is 0.878. The zero-order valence-electron chi connectivity index (χ0n) is 10.8. The molecule has 3 nitrogen and oxygen atoms in total. The monoisotopic (exact) mass is 242 g/mol. The number of aryl methyl sites for hydroxylation is 3. The second-order valence-corrected chi connectivity index (χ2v) is 4.54. The summed E-state index contributed by atoms with van der Waals surface area (Å²) in [6.45, 7) is 4.74. The van der Waals surface area contributed by atoms with Gasteiger partial charge in [0.05, 0.1) is 0 Å². The molecule has 0 unspecified atom stereocenters. The van der Waals surface area contributed by atoms with Gasteiger partial charge in [-0.3, -0.25) is 4.79 Å². The van der Waals surface area contributed by atoms with Crippen molar-refractivity contribution in [3.63, 3.8) is 0 Å². The topological polar surface area (TPSA) is 34.0 Å². The first-order valence-corrected chi connectivity index (χ1v) is 6.13. The van der Waals surface area contributed by atoms with Crippen LogP contribution in [0.2, 0.25) is 0 Å². The summed E-state index contributed by atoms with van der Waals surface area (Å²) >= 11 is 0. The Morgan fingerprint density at radius 3 is 2.67 bits per heavy atom. The summed E-state index contributed by atoms with van der Waals surface area (Å²) in [5.41, 5.74) is 3.16. The molecule has 0 radical (unpaired) electrons. The van der Waals surface area contributed by atoms with Gasteiger partial charge in [-0.05, 0) is 43.2 Å². The van der Waals surface area contributed by atoms with Crippen LogP contribution in [0.1, 0.15) is 17.5 Å². The van der Waals surface area contributed by atoms with Crippen LogP contribution in [0.3, 0.4) is 0 Å². The van der Waals surface area contributed by atoms with Crippen molar-refractivity contribution in [3.05, 3.63) is 53.9 Å². The van der Waals surface area contributed by atoms with Crippen LogP contribution >= 0.6 is 0 Å². The predicted octanol–water partition coefficient (Wildman–Crippen LogP) is 3.13. The standard InChI is InChI=1S/C15H18N2O/c1-12-5-6-13(2)14(11-12)16-15(18)7-10-17-8-3-4-9-17/h3-6,8-9,11H,7,10H2,1-2H3,(H,16,18). The lowest BCUT2D eigenvalue weighted by molar-refractivity contribution is -0.116. The van der Waals surface area contributed by atoms with E-state index in [0.717, 1.165) is 16.8 Å². The van der Waals surface area contributed by atoms with Gasteiger partial charge in [0.15, 0.2) is 0 Å². The molecule has 0 saturated carbocycles. The number of benzene rings is 1. The third-order valence-electron chi connectivity index (χ3n) is 2.93. The van der Waals surface area contributed by atoms with E-state index in [2.05, 4.69) is 5.32 Å². The highest BCUT2D eigenvalue weighted by Gasteiger charge is 2.05. The van der Waals surface area contributed by atoms with Crippen molar-refractivity contribution in [3.8, 4) is 0 Å². The lowest BCUT2D eigenvalue weighted by atomic mass is 10.1. The Morgan fingerprint density at radius 1 is 1.22 bits per heavy atom. The average Bonchev–Trinajstić information content (AvgIpc) is 2.84. The smallest absolute Gasteiger partial charge is 0.226 e. The fourth-order valence-electron chi connectivity index (χ4n) is 1.83. The highest BCUT2D eigenvalue weighted by atomic mass is 16.1. The van der Waals surface area contributed by atoms with Crippen LogP contribution in [0.5, 0.6) is 0 Å². The predicted molar refractivity (Wildman–Crippen MR) is 73.6 cm³/mol. The highest BCUT2D eigenvalue weighted by molar-refractivity contribution is 5.91. The number of carbonyl (C=O) groups excluding carboxylic acids is 1. The summed E-state index contributed by atoms with van der Waals surface area (Å²) in [7, 11) is 0. The fourth-order valence-corrected chi connectivity index (χ4v) is 1.83. The maximum Gasteiger partial charge on any atom is 0.226 e. The van der Waals surface area contributed by atoms with Crippen LogP contribution in [0.25, 0.3) is 0 Å². The summed E-state index contributed by atoms with van der Waals surface area (Å²) < 4.78 is 2.00. The van der Waals surface area contributed by atoms with Gasteiger partial charge in [-0.1, -0.05) is 12.1 Å². The van der Waals surface area contributed by atoms with Gasteiger partial charge in [0.1, 0.15) is 0 Å². The third kappa shape index (κ3) is 3.23. The number of carbonyl (C=O) groups is 1. The molecule has 1 heterocycles. The van der Waals surface area contributed by atoms with Gasteiger partial charge in [0, 0.05) is 31.0 Å². The first kappa shape index (κ1) is 12.4. The highest BCUT2D eigenvalue weighted by Crippen LogP contribution is 2.16. The van der Waals surface area contributed by atoms with Crippen LogP contribution in [0.4, 0.5) is 5.69 Å². The molecule has 0 fully saturated rings. The van der Waals surface area contributed by atoms with Gasteiger partial charge >= 0.3 is 0 Å². The molecule has 1 amide bonds. The first-order valence-electron chi connectivity index (χ1n) is 6.13. The van der Waals surface area contributed by atoms with Crippen molar-refractivity contribution in [2.24, 2.45) is 0 Å². The van der Waals surface area contributed by atoms with Gasteiger partial charge in [-0.2, -0.15) is 0 Å². The molecule has 2 aromatic rings. The molecule has 0 aliphatic rings. The first-order chi connectivity index (χ1) is 8.65. The third-order valence-corrected chi connectivity index (χ3v) is 2.93. The largest absolute Gasteiger partial charge is 0.354 e. The van der Waals surface area contributed by atoms with Crippen molar-refractivity contribution < 1.29 is 4.79 Å². The summed E-state index contributed by atoms with van der Waals surface area (Å²) in [6.07, 6.45) is 4.42. The molecule has 18 heavy (non-hydrogen) atoms. The number of amides is 1. The van der Waals surface area contributed by atoms with E-state index in [1.807, 2.05) is 61.1 Å². The molecule has 0 saturated heterocycles. The Morgan fingerprint density at radius 2 is 1.94 bits per heavy atom. The van der Waals surface area contributed by atoms with E-state index < -0.39 is 0 Å². The van der Waals surface area contributed by atoms with Crippen LogP contribution in [0, 0.1) is 13.8 Å². The van der Waals surface area contributed by atoms with Crippen LogP contribution in [-0.2, 0) is 11.3 Å². The lowest BCUT2D eigenvalue weighted by Gasteiger charge is -2.09. The Kier molecular flexibility index (Phi) is 3.82. The summed E-state index contributed by atoms with van der Waals surface area (Å²) in [6, 6.07) is 10.00. The van der Waals surface area contributed by atoms with Crippen molar-refractivity contribution in [1.29, 1.82) is 0 Å². The molecule has 0 atom stereocenters. The number of rotatable bonds is 4. The molecule has 0 aliphatic carbocycles. The summed E-state index contributed by atoms with van der Waals surface area (Å²) in [5, 5.41) is 2.96. The molecule has 0 spiro atoms. The normalized spacial score (nSPS) is 10.3. The van der Waals surface area contributed by atoms with Crippen molar-refractivity contribution in [2.75, 3.05) is 5.32 Å². The summed E-state index contributed by atoms with van der Waals surface area (Å²) in [4.78, 5) is 11.8. The van der Waals surface area contributed by atoms with Crippen LogP contribution in [-0.4, -0.2) is 10.5 Å². The van der Waals surface area contributed by atoms with Gasteiger partial charge in [-0.15, -0.1) is 0 Å². The van der Waals surface area contributed by atoms with E-state index >= 15 is 0 Å². The summed E-state index contributed by atoms with van der Waals surface area (Å²) in [5.74, 6) is 0.0531. The molecule has 1 aromatic carbocycles. The zero-order chi connectivity index (χ0) is 13.0. The Bertz CT molecular complexity index is 529. The van der Waals surface area contributed by atoms with Crippen LogP contribution in [0.15, 0.2) is 42.7 Å². The minimum Gasteiger partial charge on any atom is -0.354 e. The molecule has 94 valence electrons. The van der Waals surface area contributed by atoms with E-state index in [4.69, 9.17) is 0 Å². The molecule has 2 rings (SSSR count). The van der Waals surface area contributed by atoms with Crippen molar-refractivity contribution in [1.82, 2.24) is 4.57 Å². The minimum absolute atomic E-state index is 0.0531. The molecule has 0 aliphatic heterocycles. The van der Waals surface area contributed by atoms with E-state index in [1.165, 1.54) is 0 Å². The average molecular weight is 242 g/mol. The van der Waals surface area contributed by atoms with E-state index in [-0.39, 0.29) is 5.91 Å². The number of aromatic nitrogens is 1. The fraction of sp³-hybridized carbons (Fsp3) is 0.267. The number of hydrogen-bond acceptors (Lipinski definition) is 1. The molecule has 3 heteroatoms. The van der Waals surface area contributed by atoms with Gasteiger partial charge in [-0.25, -0.2) is 0 Å². The maximum absolute atomic E-state index is 11.8. The number of nitrogens with one attached hydrogen (secondary N) is 1. The number of hydrogen-bond donors (Lipinski definition) is 1. The molecule has 1 N–H and O–H groups in total. The van der Waals surface area contributed by atoms with Crippen molar-refractivity contribution in [2.45, 2.75) is 26.8 Å². The Labute approximate surface area is 107 Å². The van der Waals surface area contributed by atoms with E-state index in [1.54, 1.807) is 0 Å². The number of anilines is 1.